The highest BCUT2D eigenvalue weighted by Gasteiger charge is 2.29. The van der Waals surface area contributed by atoms with Crippen molar-refractivity contribution in [2.75, 3.05) is 38.5 Å². The Labute approximate surface area is 188 Å². The van der Waals surface area contributed by atoms with Gasteiger partial charge in [-0.3, -0.25) is 9.78 Å². The van der Waals surface area contributed by atoms with Crippen LogP contribution < -0.4 is 5.32 Å². The number of aromatic nitrogens is 1. The molecule has 1 aliphatic carbocycles. The van der Waals surface area contributed by atoms with Crippen LogP contribution in [0, 0.1) is 0 Å². The van der Waals surface area contributed by atoms with E-state index in [2.05, 4.69) is 10.2 Å². The maximum atomic E-state index is 13.2. The number of benzene rings is 2. The Morgan fingerprint density at radius 2 is 1.75 bits per heavy atom. The Kier molecular flexibility index (Phi) is 5.44. The minimum atomic E-state index is -3.61. The number of amides is 1. The Hall–Kier alpha value is -2.81. The Morgan fingerprint density at radius 1 is 1.00 bits per heavy atom. The number of nitrogens with zero attached hydrogens (tertiary/aromatic N) is 3. The van der Waals surface area contributed by atoms with Crippen LogP contribution in [0.4, 0.5) is 5.69 Å². The zero-order chi connectivity index (χ0) is 22.3. The largest absolute Gasteiger partial charge is 0.322 e. The summed E-state index contributed by atoms with van der Waals surface area (Å²) in [5.74, 6) is 0.155. The molecule has 1 saturated heterocycles. The molecular weight excluding hydrogens is 424 g/mol. The van der Waals surface area contributed by atoms with Crippen LogP contribution in [0.5, 0.6) is 0 Å². The van der Waals surface area contributed by atoms with Crippen molar-refractivity contribution < 1.29 is 13.2 Å². The van der Waals surface area contributed by atoms with E-state index in [4.69, 9.17) is 4.98 Å². The van der Waals surface area contributed by atoms with Gasteiger partial charge in [-0.25, -0.2) is 8.42 Å². The van der Waals surface area contributed by atoms with Crippen LogP contribution in [0.15, 0.2) is 59.5 Å². The van der Waals surface area contributed by atoms with Crippen LogP contribution in [0.1, 0.15) is 34.8 Å². The first-order valence-corrected chi connectivity index (χ1v) is 12.4. The molecule has 2 heterocycles. The van der Waals surface area contributed by atoms with Gasteiger partial charge in [0, 0.05) is 48.9 Å². The molecule has 0 bridgehead atoms. The van der Waals surface area contributed by atoms with E-state index in [0.717, 1.165) is 29.4 Å². The van der Waals surface area contributed by atoms with E-state index in [-0.39, 0.29) is 10.8 Å². The minimum Gasteiger partial charge on any atom is -0.322 e. The number of nitrogens with one attached hydrogen (secondary N) is 1. The van der Waals surface area contributed by atoms with E-state index in [9.17, 15) is 13.2 Å². The number of hydrogen-bond acceptors (Lipinski definition) is 5. The fourth-order valence-electron chi connectivity index (χ4n) is 4.08. The Morgan fingerprint density at radius 3 is 2.50 bits per heavy atom. The first kappa shape index (κ1) is 21.1. The summed E-state index contributed by atoms with van der Waals surface area (Å²) in [4.78, 5) is 20.2. The van der Waals surface area contributed by atoms with Gasteiger partial charge in [-0.05, 0) is 50.2 Å². The molecule has 166 valence electrons. The number of carbonyl (C=O) groups excluding carboxylic acids is 1. The van der Waals surface area contributed by atoms with Crippen LogP contribution in [0.2, 0.25) is 0 Å². The normalized spacial score (nSPS) is 18.0. The van der Waals surface area contributed by atoms with E-state index in [1.807, 2.05) is 37.4 Å². The average Bonchev–Trinajstić information content (AvgIpc) is 3.64. The smallest absolute Gasteiger partial charge is 0.256 e. The number of carbonyl (C=O) groups is 1. The van der Waals surface area contributed by atoms with Crippen molar-refractivity contribution in [3.8, 4) is 0 Å². The number of anilines is 1. The van der Waals surface area contributed by atoms with Crippen molar-refractivity contribution >= 4 is 32.5 Å². The highest BCUT2D eigenvalue weighted by Crippen LogP contribution is 2.40. The molecule has 2 aromatic carbocycles. The monoisotopic (exact) mass is 450 g/mol. The molecule has 1 aliphatic heterocycles. The lowest BCUT2D eigenvalue weighted by atomic mass is 10.1. The number of rotatable bonds is 5. The zero-order valence-electron chi connectivity index (χ0n) is 18.0. The van der Waals surface area contributed by atoms with Crippen molar-refractivity contribution in [1.82, 2.24) is 14.2 Å². The first-order valence-electron chi connectivity index (χ1n) is 10.9. The molecule has 0 unspecified atom stereocenters. The number of para-hydroxylation sites is 1. The van der Waals surface area contributed by atoms with Gasteiger partial charge in [0.15, 0.2) is 0 Å². The summed E-state index contributed by atoms with van der Waals surface area (Å²) in [6, 6.07) is 16.0. The van der Waals surface area contributed by atoms with E-state index in [1.165, 1.54) is 10.4 Å². The summed E-state index contributed by atoms with van der Waals surface area (Å²) in [5, 5.41) is 3.69. The molecule has 1 saturated carbocycles. The van der Waals surface area contributed by atoms with Crippen LogP contribution >= 0.6 is 0 Å². The van der Waals surface area contributed by atoms with Gasteiger partial charge in [0.2, 0.25) is 10.0 Å². The summed E-state index contributed by atoms with van der Waals surface area (Å²) in [6.45, 7) is 2.33. The summed E-state index contributed by atoms with van der Waals surface area (Å²) in [6.07, 6.45) is 2.19. The zero-order valence-corrected chi connectivity index (χ0v) is 18.8. The number of fused-ring (bicyclic) bond motifs is 1. The minimum absolute atomic E-state index is 0.193. The molecular formula is C24H26N4O3S. The van der Waals surface area contributed by atoms with Crippen molar-refractivity contribution in [3.63, 3.8) is 0 Å². The van der Waals surface area contributed by atoms with Crippen molar-refractivity contribution in [1.29, 1.82) is 0 Å². The van der Waals surface area contributed by atoms with Crippen LogP contribution in [-0.2, 0) is 10.0 Å². The van der Waals surface area contributed by atoms with E-state index < -0.39 is 10.0 Å². The fraction of sp³-hybridized carbons (Fsp3) is 0.333. The van der Waals surface area contributed by atoms with Gasteiger partial charge in [-0.15, -0.1) is 0 Å². The Balaban J connectivity index is 1.42. The fourth-order valence-corrected chi connectivity index (χ4v) is 5.55. The number of piperazine rings is 1. The van der Waals surface area contributed by atoms with Gasteiger partial charge in [0.25, 0.3) is 5.91 Å². The van der Waals surface area contributed by atoms with Gasteiger partial charge < -0.3 is 10.2 Å². The molecule has 1 N–H and O–H groups in total. The summed E-state index contributed by atoms with van der Waals surface area (Å²) in [7, 11) is -1.62. The van der Waals surface area contributed by atoms with Crippen molar-refractivity contribution in [2.24, 2.45) is 0 Å². The molecule has 8 heteroatoms. The molecule has 0 spiro atoms. The number of sulfonamides is 1. The lowest BCUT2D eigenvalue weighted by molar-refractivity contribution is 0.102. The number of pyridine rings is 1. The summed E-state index contributed by atoms with van der Waals surface area (Å²) >= 11 is 0. The topological polar surface area (TPSA) is 82.6 Å². The highest BCUT2D eigenvalue weighted by atomic mass is 32.2. The predicted molar refractivity (Wildman–Crippen MR) is 124 cm³/mol. The van der Waals surface area contributed by atoms with Crippen molar-refractivity contribution in [3.05, 3.63) is 65.9 Å². The maximum absolute atomic E-state index is 13.2. The standard InChI is InChI=1S/C24H26N4O3S/c1-27-11-13-28(14-12-27)32(30,31)19-6-4-5-18(15-19)25-24(29)21-16-23(17-9-10-17)26-22-8-3-2-7-20(21)22/h2-8,15-17H,9-14H2,1H3,(H,25,29). The van der Waals surface area contributed by atoms with Gasteiger partial charge in [0.1, 0.15) is 0 Å². The molecule has 5 rings (SSSR count). The molecule has 0 atom stereocenters. The lowest BCUT2D eigenvalue weighted by Crippen LogP contribution is -2.47. The van der Waals surface area contributed by atoms with E-state index >= 15 is 0 Å². The molecule has 1 amide bonds. The number of hydrogen-bond donors (Lipinski definition) is 1. The van der Waals surface area contributed by atoms with Crippen LogP contribution in [-0.4, -0.2) is 61.7 Å². The molecule has 2 fully saturated rings. The summed E-state index contributed by atoms with van der Waals surface area (Å²) < 4.78 is 27.7. The third kappa shape index (κ3) is 4.13. The van der Waals surface area contributed by atoms with Gasteiger partial charge in [-0.1, -0.05) is 24.3 Å². The SMILES string of the molecule is CN1CCN(S(=O)(=O)c2cccc(NC(=O)c3cc(C4CC4)nc4ccccc34)c2)CC1. The Bertz CT molecular complexity index is 1280. The maximum Gasteiger partial charge on any atom is 0.256 e. The lowest BCUT2D eigenvalue weighted by Gasteiger charge is -2.31. The van der Waals surface area contributed by atoms with Gasteiger partial charge in [-0.2, -0.15) is 4.31 Å². The van der Waals surface area contributed by atoms with Crippen molar-refractivity contribution in [2.45, 2.75) is 23.7 Å². The van der Waals surface area contributed by atoms with Gasteiger partial charge >= 0.3 is 0 Å². The third-order valence-electron chi connectivity index (χ3n) is 6.17. The second-order valence-electron chi connectivity index (χ2n) is 8.58. The summed E-state index contributed by atoms with van der Waals surface area (Å²) in [5.41, 5.74) is 2.76. The number of likely N-dealkylation sites (N-methyl/N-ethyl adjacent to an activating group) is 1. The average molecular weight is 451 g/mol. The quantitative estimate of drug-likeness (QED) is 0.645. The molecule has 32 heavy (non-hydrogen) atoms. The predicted octanol–water partition coefficient (Wildman–Crippen LogP) is 3.30. The second-order valence-corrected chi connectivity index (χ2v) is 10.5. The van der Waals surface area contributed by atoms with Crippen LogP contribution in [0.3, 0.4) is 0 Å². The molecule has 3 aromatic rings. The molecule has 7 nitrogen and oxygen atoms in total. The third-order valence-corrected chi connectivity index (χ3v) is 8.06. The first-order chi connectivity index (χ1) is 15.4. The molecule has 0 radical (unpaired) electrons. The molecule has 1 aromatic heterocycles. The van der Waals surface area contributed by atoms with E-state index in [1.54, 1.807) is 18.2 Å². The second kappa shape index (κ2) is 8.27. The molecule has 2 aliphatic rings. The van der Waals surface area contributed by atoms with E-state index in [0.29, 0.717) is 43.3 Å². The van der Waals surface area contributed by atoms with Crippen LogP contribution in [0.25, 0.3) is 10.9 Å². The highest BCUT2D eigenvalue weighted by molar-refractivity contribution is 7.89. The van der Waals surface area contributed by atoms with Gasteiger partial charge in [0.05, 0.1) is 16.0 Å².